The molecule has 0 spiro atoms. The average Bonchev–Trinajstić information content (AvgIpc) is 2.84. The van der Waals surface area contributed by atoms with Crippen molar-refractivity contribution in [3.05, 3.63) is 54.3 Å². The van der Waals surface area contributed by atoms with Crippen LogP contribution in [0.25, 0.3) is 22.4 Å². The van der Waals surface area contributed by atoms with E-state index in [1.54, 1.807) is 0 Å². The van der Waals surface area contributed by atoms with E-state index in [-0.39, 0.29) is 0 Å². The molecule has 5 nitrogen and oxygen atoms in total. The van der Waals surface area contributed by atoms with Gasteiger partial charge in [0.25, 0.3) is 0 Å². The van der Waals surface area contributed by atoms with Crippen LogP contribution in [0.3, 0.4) is 0 Å². The lowest BCUT2D eigenvalue weighted by Gasteiger charge is -2.09. The van der Waals surface area contributed by atoms with Crippen LogP contribution >= 0.6 is 0 Å². The second-order valence-electron chi connectivity index (χ2n) is 4.40. The topological polar surface area (TPSA) is 64.3 Å². The molecule has 0 atom stereocenters. The molecule has 1 N–H and O–H groups in total. The smallest absolute Gasteiger partial charge is 0.344 e. The summed E-state index contributed by atoms with van der Waals surface area (Å²) in [5.41, 5.74) is 1.66. The zero-order valence-electron chi connectivity index (χ0n) is 10.9. The summed E-state index contributed by atoms with van der Waals surface area (Å²) in [6.07, 6.45) is 0. The maximum absolute atomic E-state index is 13.4. The predicted octanol–water partition coefficient (Wildman–Crippen LogP) is 2.36. The summed E-state index contributed by atoms with van der Waals surface area (Å²) in [5, 5.41) is 8.77. The minimum absolute atomic E-state index is 0.384. The fourth-order valence-corrected chi connectivity index (χ4v) is 2.05. The zero-order chi connectivity index (χ0) is 14.8. The summed E-state index contributed by atoms with van der Waals surface area (Å²) in [5.74, 6) is -1.13. The Hall–Kier alpha value is -2.89. The number of nitrogens with zero attached hydrogens (tertiary/aromatic N) is 2. The van der Waals surface area contributed by atoms with Gasteiger partial charge in [0, 0.05) is 11.6 Å². The Morgan fingerprint density at radius 2 is 2.00 bits per heavy atom. The molecule has 106 valence electrons. The van der Waals surface area contributed by atoms with Gasteiger partial charge in [-0.1, -0.05) is 30.3 Å². The van der Waals surface area contributed by atoms with Crippen molar-refractivity contribution in [3.8, 4) is 11.4 Å². The van der Waals surface area contributed by atoms with Crippen LogP contribution in [0.5, 0.6) is 0 Å². The van der Waals surface area contributed by atoms with Crippen LogP contribution in [0.4, 0.5) is 4.39 Å². The molecule has 1 aromatic heterocycles. The van der Waals surface area contributed by atoms with Crippen LogP contribution in [0.1, 0.15) is 0 Å². The number of halogens is 1. The van der Waals surface area contributed by atoms with Gasteiger partial charge in [0.2, 0.25) is 6.61 Å². The molecule has 0 amide bonds. The lowest BCUT2D eigenvalue weighted by atomic mass is 10.2. The third kappa shape index (κ3) is 2.55. The summed E-state index contributed by atoms with van der Waals surface area (Å²) >= 11 is 0. The van der Waals surface area contributed by atoms with Gasteiger partial charge in [-0.05, 0) is 12.1 Å². The lowest BCUT2D eigenvalue weighted by Crippen LogP contribution is -2.20. The second kappa shape index (κ2) is 5.24. The third-order valence-corrected chi connectivity index (χ3v) is 2.92. The Balaban J connectivity index is 2.18. The number of imidazole rings is 1. The molecule has 2 aromatic carbocycles. The lowest BCUT2D eigenvalue weighted by molar-refractivity contribution is -0.142. The van der Waals surface area contributed by atoms with E-state index in [9.17, 15) is 9.18 Å². The molecule has 21 heavy (non-hydrogen) atoms. The SMILES string of the molecule is O=C(O)COn1c(-c2ccccc2)nc2ccc(F)cc21. The standard InChI is InChI=1S/C15H11FN2O3/c16-11-6-7-12-13(8-11)18(21-9-14(19)20)15(17-12)10-4-2-1-3-5-10/h1-8H,9H2,(H,19,20). The van der Waals surface area contributed by atoms with Crippen molar-refractivity contribution in [2.75, 3.05) is 6.61 Å². The number of fused-ring (bicyclic) bond motifs is 1. The zero-order valence-corrected chi connectivity index (χ0v) is 10.9. The van der Waals surface area contributed by atoms with Crippen molar-refractivity contribution in [3.63, 3.8) is 0 Å². The van der Waals surface area contributed by atoms with Crippen molar-refractivity contribution in [2.24, 2.45) is 0 Å². The van der Waals surface area contributed by atoms with Crippen molar-refractivity contribution in [1.29, 1.82) is 0 Å². The molecule has 1 heterocycles. The highest BCUT2D eigenvalue weighted by Crippen LogP contribution is 2.24. The summed E-state index contributed by atoms with van der Waals surface area (Å²) in [7, 11) is 0. The molecule has 0 saturated heterocycles. The van der Waals surface area contributed by atoms with Crippen LogP contribution in [-0.4, -0.2) is 27.4 Å². The molecule has 6 heteroatoms. The largest absolute Gasteiger partial charge is 0.479 e. The normalized spacial score (nSPS) is 10.7. The number of benzene rings is 2. The van der Waals surface area contributed by atoms with Gasteiger partial charge in [-0.25, -0.2) is 14.2 Å². The van der Waals surface area contributed by atoms with Crippen molar-refractivity contribution in [2.45, 2.75) is 0 Å². The molecule has 0 unspecified atom stereocenters. The first-order valence-corrected chi connectivity index (χ1v) is 6.23. The molecule has 3 aromatic rings. The van der Waals surface area contributed by atoms with Crippen LogP contribution in [0, 0.1) is 5.82 Å². The summed E-state index contributed by atoms with van der Waals surface area (Å²) in [6.45, 7) is -0.540. The number of carboxylic acid groups (broad SMARTS) is 1. The number of rotatable bonds is 4. The van der Waals surface area contributed by atoms with Gasteiger partial charge < -0.3 is 9.94 Å². The Morgan fingerprint density at radius 1 is 1.24 bits per heavy atom. The highest BCUT2D eigenvalue weighted by atomic mass is 19.1. The highest BCUT2D eigenvalue weighted by Gasteiger charge is 2.15. The van der Waals surface area contributed by atoms with Crippen molar-refractivity contribution >= 4 is 17.0 Å². The van der Waals surface area contributed by atoms with Crippen LogP contribution in [-0.2, 0) is 4.79 Å². The van der Waals surface area contributed by atoms with E-state index < -0.39 is 18.4 Å². The van der Waals surface area contributed by atoms with E-state index in [4.69, 9.17) is 9.94 Å². The van der Waals surface area contributed by atoms with E-state index in [0.29, 0.717) is 16.9 Å². The molecule has 0 aliphatic carbocycles. The Bertz CT molecular complexity index is 799. The van der Waals surface area contributed by atoms with Gasteiger partial charge in [0.15, 0.2) is 5.82 Å². The van der Waals surface area contributed by atoms with Crippen molar-refractivity contribution in [1.82, 2.24) is 9.71 Å². The molecule has 0 saturated carbocycles. The number of carboxylic acids is 1. The Morgan fingerprint density at radius 3 is 2.71 bits per heavy atom. The molecule has 0 fully saturated rings. The molecule has 0 aliphatic rings. The molecule has 0 aliphatic heterocycles. The highest BCUT2D eigenvalue weighted by molar-refractivity contribution is 5.80. The number of aromatic nitrogens is 2. The average molecular weight is 286 g/mol. The molecular weight excluding hydrogens is 275 g/mol. The summed E-state index contributed by atoms with van der Waals surface area (Å²) in [6, 6.07) is 13.2. The first kappa shape index (κ1) is 13.1. The Kier molecular flexibility index (Phi) is 3.27. The summed E-state index contributed by atoms with van der Waals surface area (Å²) in [4.78, 5) is 20.3. The monoisotopic (exact) mass is 286 g/mol. The van der Waals surface area contributed by atoms with E-state index in [2.05, 4.69) is 4.98 Å². The minimum atomic E-state index is -1.12. The maximum Gasteiger partial charge on any atom is 0.344 e. The molecular formula is C15H11FN2O3. The van der Waals surface area contributed by atoms with Crippen LogP contribution < -0.4 is 4.84 Å². The minimum Gasteiger partial charge on any atom is -0.479 e. The van der Waals surface area contributed by atoms with Crippen LogP contribution in [0.2, 0.25) is 0 Å². The van der Waals surface area contributed by atoms with Gasteiger partial charge in [-0.15, -0.1) is 0 Å². The quantitative estimate of drug-likeness (QED) is 0.799. The first-order chi connectivity index (χ1) is 10.1. The fraction of sp³-hybridized carbons (Fsp3) is 0.0667. The number of carbonyl (C=O) groups is 1. The van der Waals surface area contributed by atoms with E-state index >= 15 is 0 Å². The predicted molar refractivity (Wildman–Crippen MR) is 74.2 cm³/mol. The van der Waals surface area contributed by atoms with E-state index in [0.717, 1.165) is 5.56 Å². The van der Waals surface area contributed by atoms with Gasteiger partial charge >= 0.3 is 5.97 Å². The van der Waals surface area contributed by atoms with Crippen molar-refractivity contribution < 1.29 is 19.1 Å². The maximum atomic E-state index is 13.4. The third-order valence-electron chi connectivity index (χ3n) is 2.92. The van der Waals surface area contributed by atoms with Crippen LogP contribution in [0.15, 0.2) is 48.5 Å². The van der Waals surface area contributed by atoms with Gasteiger partial charge in [0.1, 0.15) is 11.3 Å². The molecule has 0 bridgehead atoms. The molecule has 3 rings (SSSR count). The Labute approximate surface area is 119 Å². The van der Waals surface area contributed by atoms with E-state index in [1.165, 1.54) is 22.9 Å². The van der Waals surface area contributed by atoms with E-state index in [1.807, 2.05) is 30.3 Å². The number of aliphatic carboxylic acids is 1. The first-order valence-electron chi connectivity index (χ1n) is 6.23. The summed E-state index contributed by atoms with van der Waals surface area (Å²) < 4.78 is 14.7. The molecule has 0 radical (unpaired) electrons. The second-order valence-corrected chi connectivity index (χ2v) is 4.40. The van der Waals surface area contributed by atoms with Gasteiger partial charge in [-0.3, -0.25) is 0 Å². The van der Waals surface area contributed by atoms with Gasteiger partial charge in [-0.2, -0.15) is 4.73 Å². The number of hydrogen-bond donors (Lipinski definition) is 1. The van der Waals surface area contributed by atoms with Gasteiger partial charge in [0.05, 0.1) is 5.52 Å². The fourth-order valence-electron chi connectivity index (χ4n) is 2.05. The number of hydrogen-bond acceptors (Lipinski definition) is 3.